The summed E-state index contributed by atoms with van der Waals surface area (Å²) in [4.78, 5) is 0. The second-order valence-electron chi connectivity index (χ2n) is 3.26. The average molecular weight is 206 g/mol. The Morgan fingerprint density at radius 3 is 2.87 bits per heavy atom. The van der Waals surface area contributed by atoms with Crippen molar-refractivity contribution in [2.24, 2.45) is 0 Å². The molecule has 0 fully saturated rings. The molecule has 0 spiro atoms. The molecule has 1 atom stereocenters. The van der Waals surface area contributed by atoms with Gasteiger partial charge in [-0.1, -0.05) is 0 Å². The Bertz CT molecular complexity index is 369. The largest absolute Gasteiger partial charge is 0.495 e. The molecule has 0 radical (unpaired) electrons. The van der Waals surface area contributed by atoms with E-state index < -0.39 is 6.10 Å². The molecule has 1 aromatic carbocycles. The maximum Gasteiger partial charge on any atom is 0.143 e. The van der Waals surface area contributed by atoms with Crippen LogP contribution >= 0.6 is 0 Å². The fraction of sp³-hybridized carbons (Fsp3) is 0.364. The van der Waals surface area contributed by atoms with Gasteiger partial charge in [0.1, 0.15) is 5.75 Å². The lowest BCUT2D eigenvalue weighted by molar-refractivity contribution is 0.208. The zero-order valence-electron chi connectivity index (χ0n) is 8.82. The van der Waals surface area contributed by atoms with E-state index in [1.54, 1.807) is 32.2 Å². The van der Waals surface area contributed by atoms with Gasteiger partial charge in [0.25, 0.3) is 0 Å². The Morgan fingerprint density at radius 2 is 2.33 bits per heavy atom. The summed E-state index contributed by atoms with van der Waals surface area (Å²) in [6, 6.07) is 7.16. The van der Waals surface area contributed by atoms with E-state index in [-0.39, 0.29) is 0 Å². The lowest BCUT2D eigenvalue weighted by Crippen LogP contribution is -2.15. The van der Waals surface area contributed by atoms with Crippen LogP contribution in [0.4, 0.5) is 5.69 Å². The average Bonchev–Trinajstić information content (AvgIpc) is 2.25. The van der Waals surface area contributed by atoms with Gasteiger partial charge < -0.3 is 15.2 Å². The van der Waals surface area contributed by atoms with Crippen LogP contribution in [-0.4, -0.2) is 24.9 Å². The van der Waals surface area contributed by atoms with E-state index in [0.717, 1.165) is 5.69 Å². The fourth-order valence-corrected chi connectivity index (χ4v) is 1.16. The topological polar surface area (TPSA) is 65.3 Å². The van der Waals surface area contributed by atoms with Crippen LogP contribution in [0.15, 0.2) is 18.2 Å². The molecule has 0 bridgehead atoms. The van der Waals surface area contributed by atoms with Crippen molar-refractivity contribution >= 4 is 5.69 Å². The minimum Gasteiger partial charge on any atom is -0.495 e. The molecule has 80 valence electrons. The van der Waals surface area contributed by atoms with Crippen LogP contribution < -0.4 is 10.1 Å². The van der Waals surface area contributed by atoms with Crippen LogP contribution in [0, 0.1) is 11.3 Å². The van der Waals surface area contributed by atoms with Crippen molar-refractivity contribution in [1.29, 1.82) is 5.26 Å². The lowest BCUT2D eigenvalue weighted by Gasteiger charge is -2.12. The van der Waals surface area contributed by atoms with Gasteiger partial charge in [0.2, 0.25) is 0 Å². The van der Waals surface area contributed by atoms with E-state index in [0.29, 0.717) is 17.9 Å². The van der Waals surface area contributed by atoms with E-state index in [4.69, 9.17) is 15.1 Å². The van der Waals surface area contributed by atoms with E-state index >= 15 is 0 Å². The number of nitrogens with zero attached hydrogens (tertiary/aromatic N) is 1. The Balaban J connectivity index is 2.84. The van der Waals surface area contributed by atoms with Gasteiger partial charge in [-0.3, -0.25) is 0 Å². The monoisotopic (exact) mass is 206 g/mol. The third-order valence-electron chi connectivity index (χ3n) is 1.92. The van der Waals surface area contributed by atoms with Crippen LogP contribution in [0.2, 0.25) is 0 Å². The van der Waals surface area contributed by atoms with Crippen LogP contribution in [0.1, 0.15) is 12.5 Å². The number of nitriles is 1. The van der Waals surface area contributed by atoms with Crippen LogP contribution in [0.5, 0.6) is 5.75 Å². The van der Waals surface area contributed by atoms with Crippen molar-refractivity contribution in [3.05, 3.63) is 23.8 Å². The highest BCUT2D eigenvalue weighted by Crippen LogP contribution is 2.25. The molecule has 0 aromatic heterocycles. The van der Waals surface area contributed by atoms with Gasteiger partial charge >= 0.3 is 0 Å². The first kappa shape index (κ1) is 11.3. The summed E-state index contributed by atoms with van der Waals surface area (Å²) in [7, 11) is 1.55. The first-order valence-corrected chi connectivity index (χ1v) is 4.67. The highest BCUT2D eigenvalue weighted by atomic mass is 16.5. The quantitative estimate of drug-likeness (QED) is 0.780. The highest BCUT2D eigenvalue weighted by molar-refractivity contribution is 5.59. The number of anilines is 1. The predicted molar refractivity (Wildman–Crippen MR) is 57.9 cm³/mol. The van der Waals surface area contributed by atoms with Gasteiger partial charge in [0.05, 0.1) is 30.5 Å². The minimum atomic E-state index is -0.426. The summed E-state index contributed by atoms with van der Waals surface area (Å²) in [5, 5.41) is 20.9. The number of nitrogens with one attached hydrogen (secondary N) is 1. The molecule has 0 amide bonds. The smallest absolute Gasteiger partial charge is 0.143 e. The number of methoxy groups -OCH3 is 1. The van der Waals surface area contributed by atoms with Crippen molar-refractivity contribution in [2.75, 3.05) is 19.0 Å². The summed E-state index contributed by atoms with van der Waals surface area (Å²) < 4.78 is 5.12. The zero-order chi connectivity index (χ0) is 11.3. The number of rotatable bonds is 4. The Kier molecular flexibility index (Phi) is 3.95. The van der Waals surface area contributed by atoms with Crippen LogP contribution in [-0.2, 0) is 0 Å². The van der Waals surface area contributed by atoms with Gasteiger partial charge in [0, 0.05) is 12.6 Å². The van der Waals surface area contributed by atoms with Gasteiger partial charge in [-0.05, 0) is 19.1 Å². The molecule has 4 nitrogen and oxygen atoms in total. The molecule has 15 heavy (non-hydrogen) atoms. The lowest BCUT2D eigenvalue weighted by atomic mass is 10.2. The van der Waals surface area contributed by atoms with Crippen molar-refractivity contribution in [2.45, 2.75) is 13.0 Å². The van der Waals surface area contributed by atoms with E-state index in [2.05, 4.69) is 5.32 Å². The summed E-state index contributed by atoms with van der Waals surface area (Å²) in [5.41, 5.74) is 1.33. The van der Waals surface area contributed by atoms with E-state index in [9.17, 15) is 0 Å². The second kappa shape index (κ2) is 5.23. The summed E-state index contributed by atoms with van der Waals surface area (Å²) in [5.74, 6) is 0.606. The first-order chi connectivity index (χ1) is 7.17. The van der Waals surface area contributed by atoms with E-state index in [1.165, 1.54) is 0 Å². The molecule has 1 aromatic rings. The number of aliphatic hydroxyl groups excluding tert-OH is 1. The molecular formula is C11H14N2O2. The molecule has 0 heterocycles. The molecule has 1 unspecified atom stereocenters. The Hall–Kier alpha value is -1.73. The molecule has 0 aliphatic carbocycles. The van der Waals surface area contributed by atoms with Crippen LogP contribution in [0.25, 0.3) is 0 Å². The second-order valence-corrected chi connectivity index (χ2v) is 3.26. The normalized spacial score (nSPS) is 11.6. The minimum absolute atomic E-state index is 0.426. The van der Waals surface area contributed by atoms with Crippen molar-refractivity contribution in [3.8, 4) is 11.8 Å². The maximum absolute atomic E-state index is 9.12. The fourth-order valence-electron chi connectivity index (χ4n) is 1.16. The third kappa shape index (κ3) is 3.15. The molecule has 0 aliphatic heterocycles. The van der Waals surface area contributed by atoms with Crippen molar-refractivity contribution in [1.82, 2.24) is 0 Å². The number of hydrogen-bond acceptors (Lipinski definition) is 4. The van der Waals surface area contributed by atoms with Gasteiger partial charge in [-0.2, -0.15) is 5.26 Å². The van der Waals surface area contributed by atoms with Gasteiger partial charge in [0.15, 0.2) is 0 Å². The summed E-state index contributed by atoms with van der Waals surface area (Å²) >= 11 is 0. The number of hydrogen-bond donors (Lipinski definition) is 2. The molecule has 1 rings (SSSR count). The number of aliphatic hydroxyl groups is 1. The molecule has 2 N–H and O–H groups in total. The van der Waals surface area contributed by atoms with Gasteiger partial charge in [-0.25, -0.2) is 0 Å². The highest BCUT2D eigenvalue weighted by Gasteiger charge is 2.04. The predicted octanol–water partition coefficient (Wildman–Crippen LogP) is 1.36. The number of ether oxygens (including phenoxy) is 1. The molecule has 4 heteroatoms. The summed E-state index contributed by atoms with van der Waals surface area (Å²) in [6.45, 7) is 2.14. The van der Waals surface area contributed by atoms with Crippen LogP contribution in [0.3, 0.4) is 0 Å². The first-order valence-electron chi connectivity index (χ1n) is 4.67. The molecule has 0 saturated heterocycles. The summed E-state index contributed by atoms with van der Waals surface area (Å²) in [6.07, 6.45) is -0.426. The van der Waals surface area contributed by atoms with Crippen molar-refractivity contribution < 1.29 is 9.84 Å². The maximum atomic E-state index is 9.12. The van der Waals surface area contributed by atoms with Gasteiger partial charge in [-0.15, -0.1) is 0 Å². The molecular weight excluding hydrogens is 192 g/mol. The third-order valence-corrected chi connectivity index (χ3v) is 1.92. The Morgan fingerprint density at radius 1 is 1.60 bits per heavy atom. The molecule has 0 aliphatic rings. The zero-order valence-corrected chi connectivity index (χ0v) is 8.82. The standard InChI is InChI=1S/C11H14N2O2/c1-8(14)7-13-10-4-3-9(6-12)5-11(10)15-2/h3-5,8,13-14H,7H2,1-2H3. The van der Waals surface area contributed by atoms with E-state index in [1.807, 2.05) is 6.07 Å². The number of benzene rings is 1. The van der Waals surface area contributed by atoms with Crippen molar-refractivity contribution in [3.63, 3.8) is 0 Å². The Labute approximate surface area is 89.1 Å². The molecule has 0 saturated carbocycles. The SMILES string of the molecule is COc1cc(C#N)ccc1NCC(C)O.